The SMILES string of the molecule is CNS(=O)(=O)c1ccc(N=Nc2c(N)n[nH]c2N)cc1. The van der Waals surface area contributed by atoms with Gasteiger partial charge >= 0.3 is 0 Å². The first kappa shape index (κ1) is 14.0. The van der Waals surface area contributed by atoms with Crippen molar-refractivity contribution in [2.45, 2.75) is 4.90 Å². The van der Waals surface area contributed by atoms with Crippen molar-refractivity contribution >= 4 is 33.0 Å². The van der Waals surface area contributed by atoms with Crippen molar-refractivity contribution in [3.05, 3.63) is 24.3 Å². The monoisotopic (exact) mass is 295 g/mol. The molecule has 9 nitrogen and oxygen atoms in total. The zero-order valence-corrected chi connectivity index (χ0v) is 11.3. The van der Waals surface area contributed by atoms with Gasteiger partial charge in [-0.2, -0.15) is 10.2 Å². The van der Waals surface area contributed by atoms with Crippen LogP contribution < -0.4 is 16.2 Å². The van der Waals surface area contributed by atoms with Crippen LogP contribution in [-0.4, -0.2) is 25.7 Å². The fourth-order valence-corrected chi connectivity index (χ4v) is 2.12. The van der Waals surface area contributed by atoms with Gasteiger partial charge in [0.1, 0.15) is 5.82 Å². The van der Waals surface area contributed by atoms with E-state index in [1.54, 1.807) is 0 Å². The minimum absolute atomic E-state index is 0.139. The number of nitrogens with zero attached hydrogens (tertiary/aromatic N) is 3. The highest BCUT2D eigenvalue weighted by Gasteiger charge is 2.10. The fraction of sp³-hybridized carbons (Fsp3) is 0.100. The molecule has 2 rings (SSSR count). The molecule has 0 aliphatic heterocycles. The molecule has 0 aliphatic rings. The van der Waals surface area contributed by atoms with Crippen molar-refractivity contribution in [2.75, 3.05) is 18.5 Å². The topological polar surface area (TPSA) is 152 Å². The van der Waals surface area contributed by atoms with Gasteiger partial charge in [-0.25, -0.2) is 13.1 Å². The van der Waals surface area contributed by atoms with Crippen LogP contribution in [0.3, 0.4) is 0 Å². The average Bonchev–Trinajstić information content (AvgIpc) is 2.76. The zero-order chi connectivity index (χ0) is 14.8. The van der Waals surface area contributed by atoms with Crippen molar-refractivity contribution in [1.82, 2.24) is 14.9 Å². The molecule has 0 unspecified atom stereocenters. The van der Waals surface area contributed by atoms with E-state index >= 15 is 0 Å². The molecular weight excluding hydrogens is 282 g/mol. The number of benzene rings is 1. The molecule has 0 aliphatic carbocycles. The number of azo groups is 1. The largest absolute Gasteiger partial charge is 0.382 e. The van der Waals surface area contributed by atoms with Crippen molar-refractivity contribution in [1.29, 1.82) is 0 Å². The Hall–Kier alpha value is -2.46. The summed E-state index contributed by atoms with van der Waals surface area (Å²) in [7, 11) is -2.12. The third-order valence-corrected chi connectivity index (χ3v) is 3.91. The molecule has 0 atom stereocenters. The number of hydrogen-bond acceptors (Lipinski definition) is 7. The van der Waals surface area contributed by atoms with Crippen molar-refractivity contribution in [3.63, 3.8) is 0 Å². The smallest absolute Gasteiger partial charge is 0.240 e. The number of sulfonamides is 1. The number of aromatic nitrogens is 2. The Morgan fingerprint density at radius 2 is 1.85 bits per heavy atom. The number of hydrogen-bond donors (Lipinski definition) is 4. The Morgan fingerprint density at radius 3 is 2.35 bits per heavy atom. The summed E-state index contributed by atoms with van der Waals surface area (Å²) in [6.45, 7) is 0. The lowest BCUT2D eigenvalue weighted by atomic mass is 10.3. The summed E-state index contributed by atoms with van der Waals surface area (Å²) in [6.07, 6.45) is 0. The van der Waals surface area contributed by atoms with Gasteiger partial charge in [0, 0.05) is 0 Å². The van der Waals surface area contributed by atoms with Gasteiger partial charge < -0.3 is 11.5 Å². The van der Waals surface area contributed by atoms with Gasteiger partial charge in [-0.1, -0.05) is 0 Å². The maximum atomic E-state index is 11.5. The molecule has 0 amide bonds. The maximum absolute atomic E-state index is 11.5. The summed E-state index contributed by atoms with van der Waals surface area (Å²) < 4.78 is 25.3. The van der Waals surface area contributed by atoms with Crippen LogP contribution in [0.15, 0.2) is 39.4 Å². The number of nitrogens with two attached hydrogens (primary N) is 2. The molecule has 106 valence electrons. The number of aromatic amines is 1. The minimum atomic E-state index is -3.46. The quantitative estimate of drug-likeness (QED) is 0.617. The van der Waals surface area contributed by atoms with E-state index in [1.807, 2.05) is 0 Å². The van der Waals surface area contributed by atoms with Crippen LogP contribution in [0.2, 0.25) is 0 Å². The van der Waals surface area contributed by atoms with E-state index in [-0.39, 0.29) is 22.2 Å². The Balaban J connectivity index is 2.24. The third kappa shape index (κ3) is 2.75. The molecule has 10 heteroatoms. The van der Waals surface area contributed by atoms with Crippen LogP contribution in [-0.2, 0) is 10.0 Å². The lowest BCUT2D eigenvalue weighted by Gasteiger charge is -2.01. The summed E-state index contributed by atoms with van der Waals surface area (Å²) in [6, 6.07) is 5.87. The van der Waals surface area contributed by atoms with E-state index in [0.717, 1.165) is 0 Å². The van der Waals surface area contributed by atoms with E-state index in [2.05, 4.69) is 25.1 Å². The Morgan fingerprint density at radius 1 is 1.20 bits per heavy atom. The first-order valence-electron chi connectivity index (χ1n) is 5.48. The van der Waals surface area contributed by atoms with Gasteiger partial charge in [0.15, 0.2) is 11.5 Å². The molecule has 1 heterocycles. The average molecular weight is 295 g/mol. The van der Waals surface area contributed by atoms with Gasteiger partial charge in [0.05, 0.1) is 10.6 Å². The maximum Gasteiger partial charge on any atom is 0.240 e. The standard InChI is InChI=1S/C10H13N7O2S/c1-13-20(18,19)7-4-2-6(3-5-7)14-15-8-9(11)16-17-10(8)12/h2-5,13H,1H3,(H5,11,12,16,17). The second kappa shape index (κ2) is 5.27. The summed E-state index contributed by atoms with van der Waals surface area (Å²) in [4.78, 5) is 0.140. The minimum Gasteiger partial charge on any atom is -0.382 e. The summed E-state index contributed by atoms with van der Waals surface area (Å²) >= 11 is 0. The lowest BCUT2D eigenvalue weighted by molar-refractivity contribution is 0.588. The van der Waals surface area contributed by atoms with E-state index in [1.165, 1.54) is 31.3 Å². The van der Waals surface area contributed by atoms with Crippen LogP contribution in [0.1, 0.15) is 0 Å². The Labute approximate surface area is 115 Å². The number of nitrogen functional groups attached to an aromatic ring is 2. The van der Waals surface area contributed by atoms with Gasteiger partial charge in [-0.3, -0.25) is 5.10 Å². The molecule has 0 spiro atoms. The molecule has 0 bridgehead atoms. The molecule has 0 radical (unpaired) electrons. The molecule has 1 aromatic heterocycles. The first-order chi connectivity index (χ1) is 9.44. The zero-order valence-electron chi connectivity index (χ0n) is 10.5. The highest BCUT2D eigenvalue weighted by molar-refractivity contribution is 7.89. The lowest BCUT2D eigenvalue weighted by Crippen LogP contribution is -2.18. The van der Waals surface area contributed by atoms with Crippen molar-refractivity contribution in [3.8, 4) is 0 Å². The summed E-state index contributed by atoms with van der Waals surface area (Å²) in [5.41, 5.74) is 11.8. The Kier molecular flexibility index (Phi) is 3.68. The molecule has 0 saturated carbocycles. The summed E-state index contributed by atoms with van der Waals surface area (Å²) in [5, 5.41) is 13.9. The number of nitrogens with one attached hydrogen (secondary N) is 2. The first-order valence-corrected chi connectivity index (χ1v) is 6.97. The predicted molar refractivity (Wildman–Crippen MR) is 74.3 cm³/mol. The molecule has 2 aromatic rings. The van der Waals surface area contributed by atoms with Crippen molar-refractivity contribution < 1.29 is 8.42 Å². The van der Waals surface area contributed by atoms with Crippen LogP contribution in [0, 0.1) is 0 Å². The van der Waals surface area contributed by atoms with Gasteiger partial charge in [0.25, 0.3) is 0 Å². The molecular formula is C10H13N7O2S. The van der Waals surface area contributed by atoms with Crippen LogP contribution >= 0.6 is 0 Å². The number of rotatable bonds is 4. The van der Waals surface area contributed by atoms with Crippen LogP contribution in [0.4, 0.5) is 23.0 Å². The summed E-state index contributed by atoms with van der Waals surface area (Å²) in [5.74, 6) is 0.348. The predicted octanol–water partition coefficient (Wildman–Crippen LogP) is 0.898. The van der Waals surface area contributed by atoms with Gasteiger partial charge in [0.2, 0.25) is 10.0 Å². The molecule has 6 N–H and O–H groups in total. The number of H-pyrrole nitrogens is 1. The van der Waals surface area contributed by atoms with Crippen LogP contribution in [0.5, 0.6) is 0 Å². The molecule has 20 heavy (non-hydrogen) atoms. The highest BCUT2D eigenvalue weighted by atomic mass is 32.2. The van der Waals surface area contributed by atoms with E-state index in [0.29, 0.717) is 5.69 Å². The van der Waals surface area contributed by atoms with Gasteiger partial charge in [-0.05, 0) is 31.3 Å². The van der Waals surface area contributed by atoms with Crippen LogP contribution in [0.25, 0.3) is 0 Å². The second-order valence-electron chi connectivity index (χ2n) is 3.77. The van der Waals surface area contributed by atoms with Crippen molar-refractivity contribution in [2.24, 2.45) is 10.2 Å². The Bertz CT molecular complexity index is 714. The van der Waals surface area contributed by atoms with E-state index < -0.39 is 10.0 Å². The molecule has 0 saturated heterocycles. The third-order valence-electron chi connectivity index (χ3n) is 2.48. The normalized spacial score (nSPS) is 12.1. The second-order valence-corrected chi connectivity index (χ2v) is 5.66. The van der Waals surface area contributed by atoms with Gasteiger partial charge in [-0.15, -0.1) is 5.11 Å². The molecule has 1 aromatic carbocycles. The van der Waals surface area contributed by atoms with E-state index in [9.17, 15) is 8.42 Å². The molecule has 0 fully saturated rings. The van der Waals surface area contributed by atoms with E-state index in [4.69, 9.17) is 11.5 Å². The highest BCUT2D eigenvalue weighted by Crippen LogP contribution is 2.28. The number of anilines is 2. The fourth-order valence-electron chi connectivity index (χ4n) is 1.39.